The second-order valence-electron chi connectivity index (χ2n) is 7.38. The van der Waals surface area contributed by atoms with Gasteiger partial charge in [-0.25, -0.2) is 4.98 Å². The van der Waals surface area contributed by atoms with Gasteiger partial charge >= 0.3 is 5.57 Å². The molecular weight excluding hydrogens is 444 g/mol. The molecule has 1 aliphatic rings. The number of hydrogen-bond donors (Lipinski definition) is 2. The van der Waals surface area contributed by atoms with E-state index in [1.165, 1.54) is 30.5 Å². The molecule has 1 atom stereocenters. The van der Waals surface area contributed by atoms with Gasteiger partial charge in [0.05, 0.1) is 17.4 Å². The maximum Gasteiger partial charge on any atom is 0.487 e. The Labute approximate surface area is 187 Å². The number of aliphatic hydroxyl groups excluding tert-OH is 1. The summed E-state index contributed by atoms with van der Waals surface area (Å²) in [5, 5.41) is 17.0. The number of pyridine rings is 1. The number of carbonyl (C=O) groups is 1. The summed E-state index contributed by atoms with van der Waals surface area (Å²) >= 11 is 4.75. The predicted molar refractivity (Wildman–Crippen MR) is 115 cm³/mol. The van der Waals surface area contributed by atoms with Crippen LogP contribution < -0.4 is 15.0 Å². The van der Waals surface area contributed by atoms with Crippen LogP contribution in [0.15, 0.2) is 48.8 Å². The zero-order valence-corrected chi connectivity index (χ0v) is 17.8. The molecule has 0 bridgehead atoms. The highest BCUT2D eigenvalue weighted by Gasteiger charge is 2.28. The Balaban J connectivity index is 1.57. The number of hydrogen-bond acceptors (Lipinski definition) is 6. The van der Waals surface area contributed by atoms with Crippen molar-refractivity contribution in [1.82, 2.24) is 14.8 Å². The highest BCUT2D eigenvalue weighted by molar-refractivity contribution is 6.20. The average molecular weight is 464 g/mol. The van der Waals surface area contributed by atoms with Crippen molar-refractivity contribution in [3.05, 3.63) is 54.4 Å². The minimum absolute atomic E-state index is 0.140. The Morgan fingerprint density at radius 2 is 2.06 bits per heavy atom. The van der Waals surface area contributed by atoms with Crippen molar-refractivity contribution >= 4 is 29.0 Å². The van der Waals surface area contributed by atoms with E-state index in [4.69, 9.17) is 11.6 Å². The number of aliphatic hydroxyl groups is 1. The second-order valence-corrected chi connectivity index (χ2v) is 7.82. The third-order valence-corrected chi connectivity index (χ3v) is 5.00. The molecule has 8 nitrogen and oxygen atoms in total. The summed E-state index contributed by atoms with van der Waals surface area (Å²) < 4.78 is 31.4. The molecule has 168 valence electrons. The lowest BCUT2D eigenvalue weighted by Gasteiger charge is -2.20. The second kappa shape index (κ2) is 8.71. The number of benzene rings is 1. The molecule has 0 aliphatic carbocycles. The van der Waals surface area contributed by atoms with Gasteiger partial charge < -0.3 is 20.1 Å². The molecule has 4 rings (SSSR count). The van der Waals surface area contributed by atoms with E-state index >= 15 is 0 Å². The van der Waals surface area contributed by atoms with E-state index in [0.717, 1.165) is 0 Å². The molecule has 11 heteroatoms. The normalized spacial score (nSPS) is 16.3. The molecular formula is C21H20ClF2N5O3. The van der Waals surface area contributed by atoms with E-state index in [1.54, 1.807) is 24.0 Å². The average Bonchev–Trinajstić information content (AvgIpc) is 3.36. The fourth-order valence-corrected chi connectivity index (χ4v) is 3.55. The molecule has 0 spiro atoms. The topological polar surface area (TPSA) is 92.5 Å². The minimum Gasteiger partial charge on any atom is -0.420 e. The number of rotatable bonds is 6. The molecule has 1 amide bonds. The molecule has 1 saturated heterocycles. The van der Waals surface area contributed by atoms with Gasteiger partial charge in [0, 0.05) is 55.4 Å². The number of carbonyl (C=O) groups excluding carboxylic acids is 1. The quantitative estimate of drug-likeness (QED) is 0.544. The fourth-order valence-electron chi connectivity index (χ4n) is 3.46. The molecule has 32 heavy (non-hydrogen) atoms. The number of nitrogens with one attached hydrogen (secondary N) is 1. The summed E-state index contributed by atoms with van der Waals surface area (Å²) in [6, 6.07) is 8.89. The number of β-amino-alcohol motifs (C(OH)–C–C–N with tert-alkyl or cyclic N) is 1. The first kappa shape index (κ1) is 22.0. The fraction of sp³-hybridized carbons (Fsp3) is 0.286. The van der Waals surface area contributed by atoms with Gasteiger partial charge in [-0.3, -0.25) is 9.48 Å². The van der Waals surface area contributed by atoms with Gasteiger partial charge in [0.25, 0.3) is 5.91 Å². The van der Waals surface area contributed by atoms with Gasteiger partial charge in [-0.2, -0.15) is 5.10 Å². The molecule has 0 unspecified atom stereocenters. The first-order chi connectivity index (χ1) is 15.2. The summed E-state index contributed by atoms with van der Waals surface area (Å²) in [4.78, 5) is 19.2. The molecule has 0 saturated carbocycles. The molecule has 0 radical (unpaired) electrons. The third-order valence-electron chi connectivity index (χ3n) is 4.93. The lowest BCUT2D eigenvalue weighted by molar-refractivity contribution is -0.0964. The van der Waals surface area contributed by atoms with E-state index in [2.05, 4.69) is 20.1 Å². The SMILES string of the molecule is Cn1ccc(-c2cc(C(=O)Nc3ccc(OC(F)(F)Cl)cc3)cnc2N2CC[C@@H](O)C2)n1. The van der Waals surface area contributed by atoms with Crippen LogP contribution in [0.1, 0.15) is 16.8 Å². The first-order valence-corrected chi connectivity index (χ1v) is 10.2. The number of nitrogens with zero attached hydrogens (tertiary/aromatic N) is 4. The predicted octanol–water partition coefficient (Wildman–Crippen LogP) is 3.47. The number of amides is 1. The standard InChI is InChI=1S/C21H20ClF2N5O3/c1-28-8-7-18(27-28)17-10-13(11-25-19(17)29-9-6-15(30)12-29)20(31)26-14-2-4-16(5-3-14)32-21(22,23)24/h2-5,7-8,10-11,15,30H,6,9,12H2,1H3,(H,26,31)/t15-/m1/s1. The van der Waals surface area contributed by atoms with Crippen LogP contribution in [0.3, 0.4) is 0 Å². The van der Waals surface area contributed by atoms with Gasteiger partial charge in [-0.15, -0.1) is 8.78 Å². The molecule has 1 aromatic carbocycles. The zero-order valence-electron chi connectivity index (χ0n) is 17.0. The van der Waals surface area contributed by atoms with Crippen molar-refractivity contribution in [3.63, 3.8) is 0 Å². The number of aryl methyl sites for hydroxylation is 1. The summed E-state index contributed by atoms with van der Waals surface area (Å²) in [5.74, 6) is 0.0681. The molecule has 3 aromatic rings. The van der Waals surface area contributed by atoms with E-state index in [1.807, 2.05) is 11.0 Å². The lowest BCUT2D eigenvalue weighted by atomic mass is 10.1. The zero-order chi connectivity index (χ0) is 22.9. The maximum absolute atomic E-state index is 12.8. The van der Waals surface area contributed by atoms with Crippen LogP contribution in [-0.4, -0.2) is 50.5 Å². The van der Waals surface area contributed by atoms with Crippen LogP contribution in [0.4, 0.5) is 20.3 Å². The lowest BCUT2D eigenvalue weighted by Crippen LogP contribution is -2.23. The highest BCUT2D eigenvalue weighted by atomic mass is 35.5. The van der Waals surface area contributed by atoms with Gasteiger partial charge in [-0.1, -0.05) is 0 Å². The largest absolute Gasteiger partial charge is 0.487 e. The third kappa shape index (κ3) is 5.14. The van der Waals surface area contributed by atoms with Crippen molar-refractivity contribution in [1.29, 1.82) is 0 Å². The summed E-state index contributed by atoms with van der Waals surface area (Å²) in [7, 11) is 1.79. The molecule has 2 N–H and O–H groups in total. The van der Waals surface area contributed by atoms with E-state index in [0.29, 0.717) is 47.8 Å². The number of alkyl halides is 3. The Hall–Kier alpha value is -3.24. The smallest absolute Gasteiger partial charge is 0.420 e. The van der Waals surface area contributed by atoms with Gasteiger partial charge in [0.15, 0.2) is 0 Å². The van der Waals surface area contributed by atoms with E-state index in [-0.39, 0.29) is 5.75 Å². The number of ether oxygens (including phenoxy) is 1. The maximum atomic E-state index is 12.8. The van der Waals surface area contributed by atoms with E-state index < -0.39 is 17.6 Å². The number of aromatic nitrogens is 3. The van der Waals surface area contributed by atoms with Gasteiger partial charge in [0.1, 0.15) is 11.6 Å². The Bertz CT molecular complexity index is 1120. The first-order valence-electron chi connectivity index (χ1n) is 9.78. The minimum atomic E-state index is -3.81. The van der Waals surface area contributed by atoms with E-state index in [9.17, 15) is 18.7 Å². The molecule has 2 aromatic heterocycles. The summed E-state index contributed by atoms with van der Waals surface area (Å²) in [6.07, 6.45) is 3.45. The van der Waals surface area contributed by atoms with Crippen molar-refractivity contribution in [3.8, 4) is 17.0 Å². The summed E-state index contributed by atoms with van der Waals surface area (Å²) in [5.41, 5.74) is -1.83. The number of anilines is 2. The van der Waals surface area contributed by atoms with Crippen molar-refractivity contribution in [2.45, 2.75) is 18.1 Å². The summed E-state index contributed by atoms with van der Waals surface area (Å²) in [6.45, 7) is 1.10. The van der Waals surface area contributed by atoms with Crippen LogP contribution in [-0.2, 0) is 7.05 Å². The molecule has 1 aliphatic heterocycles. The highest BCUT2D eigenvalue weighted by Crippen LogP contribution is 2.31. The van der Waals surface area contributed by atoms with Gasteiger partial charge in [0.2, 0.25) is 0 Å². The Morgan fingerprint density at radius 1 is 1.31 bits per heavy atom. The van der Waals surface area contributed by atoms with Crippen molar-refractivity contribution in [2.24, 2.45) is 7.05 Å². The van der Waals surface area contributed by atoms with Crippen molar-refractivity contribution < 1.29 is 23.4 Å². The monoisotopic (exact) mass is 463 g/mol. The van der Waals surface area contributed by atoms with Crippen LogP contribution >= 0.6 is 11.6 Å². The molecule has 3 heterocycles. The number of halogens is 3. The van der Waals surface area contributed by atoms with Crippen LogP contribution in [0, 0.1) is 0 Å². The molecule has 1 fully saturated rings. The Morgan fingerprint density at radius 3 is 2.66 bits per heavy atom. The van der Waals surface area contributed by atoms with Crippen LogP contribution in [0.2, 0.25) is 0 Å². The van der Waals surface area contributed by atoms with Crippen molar-refractivity contribution in [2.75, 3.05) is 23.3 Å². The van der Waals surface area contributed by atoms with Gasteiger partial charge in [-0.05, 0) is 42.8 Å². The van der Waals surface area contributed by atoms with Crippen LogP contribution in [0.5, 0.6) is 5.75 Å². The Kier molecular flexibility index (Phi) is 5.98. The van der Waals surface area contributed by atoms with Crippen LogP contribution in [0.25, 0.3) is 11.3 Å².